The molecule has 0 saturated carbocycles. The van der Waals surface area contributed by atoms with E-state index in [0.717, 1.165) is 0 Å². The summed E-state index contributed by atoms with van der Waals surface area (Å²) in [5.74, 6) is -1.15. The normalized spacial score (nSPS) is 18.3. The minimum Gasteiger partial charge on any atom is -0.507 e. The molecule has 1 aliphatic heterocycles. The van der Waals surface area contributed by atoms with Crippen molar-refractivity contribution in [1.29, 1.82) is 0 Å². The second-order valence-corrected chi connectivity index (χ2v) is 7.07. The lowest BCUT2D eigenvalue weighted by Gasteiger charge is -2.25. The van der Waals surface area contributed by atoms with E-state index < -0.39 is 17.7 Å². The standard InChI is InChI=1S/C22H22ClNO5/c1-3-11-24-19(14-7-10-17(25)16(23)12-14)18(21(27)22(24)28)20(26)13-5-8-15(9-6-13)29-4-2/h5-10,12,19,25-26H,3-4,11H2,1-2H3/b20-18-. The number of benzene rings is 2. The first-order valence-electron chi connectivity index (χ1n) is 9.39. The molecule has 29 heavy (non-hydrogen) atoms. The molecule has 152 valence electrons. The van der Waals surface area contributed by atoms with Crippen LogP contribution in [0.3, 0.4) is 0 Å². The van der Waals surface area contributed by atoms with Crippen LogP contribution in [-0.2, 0) is 9.59 Å². The van der Waals surface area contributed by atoms with Crippen LogP contribution in [0.25, 0.3) is 5.76 Å². The molecule has 2 N–H and O–H groups in total. The molecule has 1 unspecified atom stereocenters. The molecule has 1 saturated heterocycles. The van der Waals surface area contributed by atoms with Crippen LogP contribution in [0.15, 0.2) is 48.0 Å². The summed E-state index contributed by atoms with van der Waals surface area (Å²) in [6.07, 6.45) is 0.637. The number of halogens is 1. The molecule has 1 aliphatic rings. The zero-order valence-electron chi connectivity index (χ0n) is 16.2. The van der Waals surface area contributed by atoms with Crippen molar-refractivity contribution in [3.05, 3.63) is 64.2 Å². The van der Waals surface area contributed by atoms with Crippen LogP contribution in [0.5, 0.6) is 11.5 Å². The van der Waals surface area contributed by atoms with Gasteiger partial charge in [0.15, 0.2) is 0 Å². The summed E-state index contributed by atoms with van der Waals surface area (Å²) < 4.78 is 5.40. The Hall–Kier alpha value is -2.99. The second kappa shape index (κ2) is 8.57. The predicted octanol–water partition coefficient (Wildman–Crippen LogP) is 4.28. The van der Waals surface area contributed by atoms with Gasteiger partial charge in [-0.25, -0.2) is 0 Å². The number of aliphatic hydroxyl groups excluding tert-OH is 1. The van der Waals surface area contributed by atoms with Crippen molar-refractivity contribution in [3.63, 3.8) is 0 Å². The van der Waals surface area contributed by atoms with E-state index in [-0.39, 0.29) is 22.1 Å². The number of rotatable bonds is 6. The van der Waals surface area contributed by atoms with Gasteiger partial charge in [0.1, 0.15) is 17.3 Å². The van der Waals surface area contributed by atoms with Crippen molar-refractivity contribution in [2.45, 2.75) is 26.3 Å². The number of aliphatic hydroxyl groups is 1. The summed E-state index contributed by atoms with van der Waals surface area (Å²) in [6.45, 7) is 4.61. The number of phenols is 1. The highest BCUT2D eigenvalue weighted by atomic mass is 35.5. The Morgan fingerprint density at radius 1 is 1.14 bits per heavy atom. The average Bonchev–Trinajstić information content (AvgIpc) is 2.96. The van der Waals surface area contributed by atoms with Crippen LogP contribution in [0.2, 0.25) is 5.02 Å². The van der Waals surface area contributed by atoms with Crippen molar-refractivity contribution in [1.82, 2.24) is 4.90 Å². The van der Waals surface area contributed by atoms with Gasteiger partial charge in [0.05, 0.1) is 23.2 Å². The molecule has 0 aromatic heterocycles. The fourth-order valence-electron chi connectivity index (χ4n) is 3.42. The molecule has 6 nitrogen and oxygen atoms in total. The molecular weight excluding hydrogens is 394 g/mol. The highest BCUT2D eigenvalue weighted by molar-refractivity contribution is 6.46. The van der Waals surface area contributed by atoms with E-state index in [4.69, 9.17) is 16.3 Å². The number of ether oxygens (including phenoxy) is 1. The molecule has 0 bridgehead atoms. The first-order chi connectivity index (χ1) is 13.9. The van der Waals surface area contributed by atoms with Crippen LogP contribution < -0.4 is 4.74 Å². The summed E-state index contributed by atoms with van der Waals surface area (Å²) in [5, 5.41) is 20.8. The molecule has 0 radical (unpaired) electrons. The number of likely N-dealkylation sites (tertiary alicyclic amines) is 1. The average molecular weight is 416 g/mol. The van der Waals surface area contributed by atoms with Gasteiger partial charge in [0.2, 0.25) is 0 Å². The lowest BCUT2D eigenvalue weighted by Crippen LogP contribution is -2.30. The van der Waals surface area contributed by atoms with Crippen LogP contribution in [-0.4, -0.2) is 40.0 Å². The van der Waals surface area contributed by atoms with E-state index in [1.54, 1.807) is 30.3 Å². The molecule has 2 aromatic carbocycles. The third-order valence-electron chi connectivity index (χ3n) is 4.73. The summed E-state index contributed by atoms with van der Waals surface area (Å²) in [7, 11) is 0. The van der Waals surface area contributed by atoms with E-state index in [9.17, 15) is 19.8 Å². The molecule has 1 amide bonds. The maximum absolute atomic E-state index is 12.8. The number of hydrogen-bond acceptors (Lipinski definition) is 5. The summed E-state index contributed by atoms with van der Waals surface area (Å²) in [6, 6.07) is 10.3. The van der Waals surface area contributed by atoms with E-state index in [1.807, 2.05) is 13.8 Å². The minimum absolute atomic E-state index is 0.00522. The molecule has 1 heterocycles. The van der Waals surface area contributed by atoms with Crippen molar-refractivity contribution >= 4 is 29.1 Å². The molecule has 3 rings (SSSR count). The highest BCUT2D eigenvalue weighted by Gasteiger charge is 2.45. The third-order valence-corrected chi connectivity index (χ3v) is 5.03. The molecular formula is C22H22ClNO5. The SMILES string of the molecule is CCCN1C(=O)C(=O)/C(=C(\O)c2ccc(OCC)cc2)C1c1ccc(O)c(Cl)c1. The summed E-state index contributed by atoms with van der Waals surface area (Å²) >= 11 is 6.05. The van der Waals surface area contributed by atoms with Gasteiger partial charge >= 0.3 is 0 Å². The fourth-order valence-corrected chi connectivity index (χ4v) is 3.61. The van der Waals surface area contributed by atoms with Gasteiger partial charge in [-0.2, -0.15) is 0 Å². The number of Topliss-reactive ketones (excluding diaryl/α,β-unsaturated/α-hetero) is 1. The Morgan fingerprint density at radius 3 is 2.41 bits per heavy atom. The maximum atomic E-state index is 12.8. The Bertz CT molecular complexity index is 968. The second-order valence-electron chi connectivity index (χ2n) is 6.66. The Kier molecular flexibility index (Phi) is 6.13. The monoisotopic (exact) mass is 415 g/mol. The van der Waals surface area contributed by atoms with Crippen LogP contribution in [0.4, 0.5) is 0 Å². The van der Waals surface area contributed by atoms with Crippen molar-refractivity contribution in [3.8, 4) is 11.5 Å². The number of carbonyl (C=O) groups excluding carboxylic acids is 2. The minimum atomic E-state index is -0.792. The number of hydrogen-bond donors (Lipinski definition) is 2. The van der Waals surface area contributed by atoms with E-state index in [2.05, 4.69) is 0 Å². The number of phenolic OH excluding ortho intramolecular Hbond substituents is 1. The molecule has 1 atom stereocenters. The van der Waals surface area contributed by atoms with Crippen LogP contribution >= 0.6 is 11.6 Å². The van der Waals surface area contributed by atoms with Gasteiger partial charge in [-0.05, 0) is 55.3 Å². The smallest absolute Gasteiger partial charge is 0.295 e. The molecule has 1 fully saturated rings. The maximum Gasteiger partial charge on any atom is 0.295 e. The summed E-state index contributed by atoms with van der Waals surface area (Å²) in [4.78, 5) is 26.9. The Labute approximate surface area is 174 Å². The van der Waals surface area contributed by atoms with Crippen molar-refractivity contribution < 1.29 is 24.5 Å². The summed E-state index contributed by atoms with van der Waals surface area (Å²) in [5.41, 5.74) is 0.931. The van der Waals surface area contributed by atoms with Crippen LogP contribution in [0.1, 0.15) is 37.4 Å². The highest BCUT2D eigenvalue weighted by Crippen LogP contribution is 2.41. The number of ketones is 1. The quantitative estimate of drug-likeness (QED) is 0.418. The molecule has 0 aliphatic carbocycles. The van der Waals surface area contributed by atoms with E-state index >= 15 is 0 Å². The fraction of sp³-hybridized carbons (Fsp3) is 0.273. The van der Waals surface area contributed by atoms with Gasteiger partial charge in [-0.1, -0.05) is 24.6 Å². The molecule has 2 aromatic rings. The number of amides is 1. The number of carbonyl (C=O) groups is 2. The van der Waals surface area contributed by atoms with Crippen molar-refractivity contribution in [2.24, 2.45) is 0 Å². The topological polar surface area (TPSA) is 87.1 Å². The molecule has 7 heteroatoms. The largest absolute Gasteiger partial charge is 0.507 e. The van der Waals surface area contributed by atoms with Gasteiger partial charge < -0.3 is 19.8 Å². The number of nitrogens with zero attached hydrogens (tertiary/aromatic N) is 1. The van der Waals surface area contributed by atoms with E-state index in [1.165, 1.54) is 17.0 Å². The van der Waals surface area contributed by atoms with Crippen LogP contribution in [0, 0.1) is 0 Å². The zero-order chi connectivity index (χ0) is 21.1. The zero-order valence-corrected chi connectivity index (χ0v) is 16.9. The van der Waals surface area contributed by atoms with Gasteiger partial charge in [-0.3, -0.25) is 9.59 Å². The first kappa shape index (κ1) is 20.7. The Balaban J connectivity index is 2.14. The lowest BCUT2D eigenvalue weighted by atomic mass is 9.95. The van der Waals surface area contributed by atoms with Gasteiger partial charge in [0, 0.05) is 12.1 Å². The first-order valence-corrected chi connectivity index (χ1v) is 9.76. The van der Waals surface area contributed by atoms with E-state index in [0.29, 0.717) is 36.4 Å². The number of aromatic hydroxyl groups is 1. The molecule has 0 spiro atoms. The predicted molar refractivity (Wildman–Crippen MR) is 110 cm³/mol. The lowest BCUT2D eigenvalue weighted by molar-refractivity contribution is -0.139. The van der Waals surface area contributed by atoms with Crippen molar-refractivity contribution in [2.75, 3.05) is 13.2 Å². The third kappa shape index (κ3) is 3.93. The van der Waals surface area contributed by atoms with Gasteiger partial charge in [-0.15, -0.1) is 0 Å². The Morgan fingerprint density at radius 2 is 1.83 bits per heavy atom. The van der Waals surface area contributed by atoms with Gasteiger partial charge in [0.25, 0.3) is 11.7 Å².